The molecule has 110 valence electrons. The molecule has 0 aliphatic heterocycles. The summed E-state index contributed by atoms with van der Waals surface area (Å²) >= 11 is 1.51. The molecule has 0 saturated carbocycles. The minimum atomic E-state index is 0.785. The first-order valence-electron chi connectivity index (χ1n) is 6.95. The molecule has 0 saturated heterocycles. The monoisotopic (exact) mass is 311 g/mol. The Morgan fingerprint density at radius 2 is 2.14 bits per heavy atom. The van der Waals surface area contributed by atoms with Crippen molar-refractivity contribution < 1.29 is 0 Å². The summed E-state index contributed by atoms with van der Waals surface area (Å²) in [4.78, 5) is 5.16. The van der Waals surface area contributed by atoms with Gasteiger partial charge in [-0.25, -0.2) is 9.67 Å². The van der Waals surface area contributed by atoms with Crippen molar-refractivity contribution in [1.82, 2.24) is 34.6 Å². The first-order valence-corrected chi connectivity index (χ1v) is 7.77. The van der Waals surface area contributed by atoms with E-state index in [4.69, 9.17) is 0 Å². The van der Waals surface area contributed by atoms with E-state index in [0.29, 0.717) is 0 Å². The Kier molecular flexibility index (Phi) is 2.97. The number of pyridine rings is 1. The SMILES string of the molecule is CCc1c(-c2nn3c(C)nnc3s2)cnn1-c1ccccn1. The quantitative estimate of drug-likeness (QED) is 0.580. The number of aromatic nitrogens is 7. The van der Waals surface area contributed by atoms with Crippen molar-refractivity contribution in [2.24, 2.45) is 0 Å². The van der Waals surface area contributed by atoms with Gasteiger partial charge in [0.25, 0.3) is 0 Å². The lowest BCUT2D eigenvalue weighted by Crippen LogP contribution is -2.03. The van der Waals surface area contributed by atoms with Gasteiger partial charge in [0.05, 0.1) is 17.5 Å². The fourth-order valence-corrected chi connectivity index (χ4v) is 3.31. The lowest BCUT2D eigenvalue weighted by atomic mass is 10.2. The average Bonchev–Trinajstić information content (AvgIpc) is 3.23. The van der Waals surface area contributed by atoms with Crippen LogP contribution >= 0.6 is 11.3 Å². The fourth-order valence-electron chi connectivity index (χ4n) is 2.39. The molecule has 0 amide bonds. The van der Waals surface area contributed by atoms with E-state index >= 15 is 0 Å². The van der Waals surface area contributed by atoms with Crippen molar-refractivity contribution in [3.05, 3.63) is 42.1 Å². The molecule has 8 heteroatoms. The summed E-state index contributed by atoms with van der Waals surface area (Å²) < 4.78 is 3.63. The van der Waals surface area contributed by atoms with E-state index in [9.17, 15) is 0 Å². The molecule has 0 fully saturated rings. The average molecular weight is 311 g/mol. The fraction of sp³-hybridized carbons (Fsp3) is 0.214. The second-order valence-electron chi connectivity index (χ2n) is 4.81. The van der Waals surface area contributed by atoms with Gasteiger partial charge in [-0.2, -0.15) is 14.7 Å². The summed E-state index contributed by atoms with van der Waals surface area (Å²) in [6.07, 6.45) is 4.45. The second-order valence-corrected chi connectivity index (χ2v) is 5.76. The van der Waals surface area contributed by atoms with Gasteiger partial charge < -0.3 is 0 Å². The first-order chi connectivity index (χ1) is 10.8. The maximum atomic E-state index is 4.59. The maximum Gasteiger partial charge on any atom is 0.234 e. The van der Waals surface area contributed by atoms with Crippen molar-refractivity contribution >= 4 is 16.3 Å². The van der Waals surface area contributed by atoms with E-state index in [-0.39, 0.29) is 0 Å². The Morgan fingerprint density at radius 1 is 1.23 bits per heavy atom. The van der Waals surface area contributed by atoms with Gasteiger partial charge in [-0.1, -0.05) is 24.3 Å². The van der Waals surface area contributed by atoms with Gasteiger partial charge in [0.2, 0.25) is 4.96 Å². The lowest BCUT2D eigenvalue weighted by Gasteiger charge is -2.05. The highest BCUT2D eigenvalue weighted by molar-refractivity contribution is 7.19. The van der Waals surface area contributed by atoms with Crippen LogP contribution in [-0.4, -0.2) is 34.6 Å². The molecule has 0 radical (unpaired) electrons. The molecule has 0 N–H and O–H groups in total. The zero-order chi connectivity index (χ0) is 15.1. The molecule has 0 spiro atoms. The first kappa shape index (κ1) is 13.1. The summed E-state index contributed by atoms with van der Waals surface area (Å²) in [5, 5.41) is 18.1. The van der Waals surface area contributed by atoms with E-state index in [1.807, 2.05) is 36.0 Å². The molecule has 4 aromatic rings. The van der Waals surface area contributed by atoms with Gasteiger partial charge in [-0.3, -0.25) is 0 Å². The van der Waals surface area contributed by atoms with Gasteiger partial charge >= 0.3 is 0 Å². The molecule has 4 heterocycles. The van der Waals surface area contributed by atoms with Crippen LogP contribution < -0.4 is 0 Å². The molecule has 0 aromatic carbocycles. The maximum absolute atomic E-state index is 4.59. The topological polar surface area (TPSA) is 73.8 Å². The standard InChI is InChI=1S/C14H13N7S/c1-3-11-10(8-16-21(11)12-6-4-5-7-15-12)13-19-20-9(2)17-18-14(20)22-13/h4-8H,3H2,1-2H3. The van der Waals surface area contributed by atoms with Crippen molar-refractivity contribution in [1.29, 1.82) is 0 Å². The van der Waals surface area contributed by atoms with Crippen LogP contribution in [0.2, 0.25) is 0 Å². The molecular weight excluding hydrogens is 298 g/mol. The number of hydrogen-bond acceptors (Lipinski definition) is 6. The smallest absolute Gasteiger partial charge is 0.234 e. The molecule has 22 heavy (non-hydrogen) atoms. The number of rotatable bonds is 3. The van der Waals surface area contributed by atoms with Crippen LogP contribution in [0.25, 0.3) is 21.3 Å². The van der Waals surface area contributed by atoms with Crippen LogP contribution in [0.3, 0.4) is 0 Å². The van der Waals surface area contributed by atoms with Gasteiger partial charge in [-0.05, 0) is 25.5 Å². The van der Waals surface area contributed by atoms with E-state index in [2.05, 4.69) is 32.3 Å². The Labute approximate surface area is 130 Å². The summed E-state index contributed by atoms with van der Waals surface area (Å²) in [5.74, 6) is 1.59. The largest absolute Gasteiger partial charge is 0.237 e. The highest BCUT2D eigenvalue weighted by atomic mass is 32.1. The molecule has 0 atom stereocenters. The van der Waals surface area contributed by atoms with Crippen LogP contribution in [0.5, 0.6) is 0 Å². The molecule has 0 aliphatic rings. The molecule has 0 bridgehead atoms. The molecule has 4 rings (SSSR count). The summed E-state index contributed by atoms with van der Waals surface area (Å²) in [7, 11) is 0. The molecule has 0 unspecified atom stereocenters. The Hall–Kier alpha value is -2.61. The van der Waals surface area contributed by atoms with E-state index < -0.39 is 0 Å². The Morgan fingerprint density at radius 3 is 2.86 bits per heavy atom. The third-order valence-corrected chi connectivity index (χ3v) is 4.38. The molecular formula is C14H13N7S. The number of hydrogen-bond donors (Lipinski definition) is 0. The Bertz CT molecular complexity index is 935. The van der Waals surface area contributed by atoms with E-state index in [1.54, 1.807) is 10.7 Å². The van der Waals surface area contributed by atoms with Crippen LogP contribution in [0, 0.1) is 6.92 Å². The van der Waals surface area contributed by atoms with Crippen molar-refractivity contribution in [3.8, 4) is 16.4 Å². The normalized spacial score (nSPS) is 11.4. The Balaban J connectivity index is 1.87. The van der Waals surface area contributed by atoms with Crippen LogP contribution in [0.1, 0.15) is 18.4 Å². The van der Waals surface area contributed by atoms with Gasteiger partial charge in [-0.15, -0.1) is 10.2 Å². The summed E-state index contributed by atoms with van der Waals surface area (Å²) in [5.41, 5.74) is 2.10. The van der Waals surface area contributed by atoms with Crippen molar-refractivity contribution in [3.63, 3.8) is 0 Å². The third-order valence-electron chi connectivity index (χ3n) is 3.45. The summed E-state index contributed by atoms with van der Waals surface area (Å²) in [6.45, 7) is 3.99. The molecule has 0 aliphatic carbocycles. The van der Waals surface area contributed by atoms with E-state index in [1.165, 1.54) is 11.3 Å². The number of nitrogens with zero attached hydrogens (tertiary/aromatic N) is 7. The van der Waals surface area contributed by atoms with Gasteiger partial charge in [0.15, 0.2) is 16.6 Å². The van der Waals surface area contributed by atoms with Crippen molar-refractivity contribution in [2.75, 3.05) is 0 Å². The highest BCUT2D eigenvalue weighted by Crippen LogP contribution is 2.29. The van der Waals surface area contributed by atoms with Crippen molar-refractivity contribution in [2.45, 2.75) is 20.3 Å². The van der Waals surface area contributed by atoms with E-state index in [0.717, 1.165) is 39.3 Å². The second kappa shape index (κ2) is 4.99. The van der Waals surface area contributed by atoms with Crippen LogP contribution in [0.15, 0.2) is 30.6 Å². The molecule has 4 aromatic heterocycles. The molecule has 7 nitrogen and oxygen atoms in total. The van der Waals surface area contributed by atoms with Crippen LogP contribution in [0.4, 0.5) is 0 Å². The summed E-state index contributed by atoms with van der Waals surface area (Å²) in [6, 6.07) is 5.79. The number of fused-ring (bicyclic) bond motifs is 1. The minimum Gasteiger partial charge on any atom is -0.237 e. The van der Waals surface area contributed by atoms with Crippen LogP contribution in [-0.2, 0) is 6.42 Å². The number of aryl methyl sites for hydroxylation is 1. The zero-order valence-corrected chi connectivity index (χ0v) is 12.9. The minimum absolute atomic E-state index is 0.785. The van der Waals surface area contributed by atoms with Gasteiger partial charge in [0, 0.05) is 6.20 Å². The highest BCUT2D eigenvalue weighted by Gasteiger charge is 2.18. The predicted molar refractivity (Wildman–Crippen MR) is 83.1 cm³/mol. The third kappa shape index (κ3) is 1.92. The van der Waals surface area contributed by atoms with Gasteiger partial charge in [0.1, 0.15) is 0 Å². The lowest BCUT2D eigenvalue weighted by molar-refractivity contribution is 0.790. The zero-order valence-electron chi connectivity index (χ0n) is 12.1. The predicted octanol–water partition coefficient (Wildman–Crippen LogP) is 2.30.